The number of rotatable bonds is 8. The maximum Gasteiger partial charge on any atom is 0.408 e. The van der Waals surface area contributed by atoms with Crippen LogP contribution < -0.4 is 10.6 Å². The molecule has 15 heteroatoms. The SMILES string of the molecule is CC(C)(C)OC(=O)NC(C(=O)NC1C(=O)N2C(C(=O)O)=C(CSc3nncs3)CS[C@@H]12)c1ccc(O)cc1. The number of nitrogens with zero attached hydrogens (tertiary/aromatic N) is 3. The van der Waals surface area contributed by atoms with E-state index in [2.05, 4.69) is 20.8 Å². The number of phenols is 1. The summed E-state index contributed by atoms with van der Waals surface area (Å²) in [6.45, 7) is 5.04. The molecule has 4 rings (SSSR count). The minimum Gasteiger partial charge on any atom is -0.508 e. The number of hydrogen-bond acceptors (Lipinski definition) is 11. The fourth-order valence-electron chi connectivity index (χ4n) is 3.80. The Labute approximate surface area is 230 Å². The van der Waals surface area contributed by atoms with Crippen molar-refractivity contribution in [3.05, 3.63) is 46.6 Å². The zero-order valence-corrected chi connectivity index (χ0v) is 23.0. The Kier molecular flexibility index (Phi) is 8.18. The number of β-lactam (4-membered cyclic amide) rings is 1. The van der Waals surface area contributed by atoms with Crippen molar-refractivity contribution in [2.45, 2.75) is 48.2 Å². The van der Waals surface area contributed by atoms with Crippen molar-refractivity contribution in [1.82, 2.24) is 25.7 Å². The number of benzene rings is 1. The molecule has 12 nitrogen and oxygen atoms in total. The predicted octanol–water partition coefficient (Wildman–Crippen LogP) is 2.34. The van der Waals surface area contributed by atoms with Gasteiger partial charge in [-0.1, -0.05) is 35.2 Å². The Bertz CT molecular complexity index is 1260. The lowest BCUT2D eigenvalue weighted by Crippen LogP contribution is -2.71. The van der Waals surface area contributed by atoms with Gasteiger partial charge >= 0.3 is 12.1 Å². The van der Waals surface area contributed by atoms with Gasteiger partial charge in [-0.3, -0.25) is 14.5 Å². The van der Waals surface area contributed by atoms with Crippen molar-refractivity contribution in [2.75, 3.05) is 11.5 Å². The van der Waals surface area contributed by atoms with E-state index >= 15 is 0 Å². The second kappa shape index (κ2) is 11.2. The molecule has 0 aliphatic carbocycles. The van der Waals surface area contributed by atoms with E-state index in [1.54, 1.807) is 26.3 Å². The van der Waals surface area contributed by atoms with Crippen LogP contribution in [0, 0.1) is 0 Å². The number of ether oxygens (including phenoxy) is 1. The van der Waals surface area contributed by atoms with Gasteiger partial charge in [-0.15, -0.1) is 22.0 Å². The highest BCUT2D eigenvalue weighted by atomic mass is 32.2. The summed E-state index contributed by atoms with van der Waals surface area (Å²) in [5.41, 5.74) is 1.60. The molecule has 2 aliphatic heterocycles. The van der Waals surface area contributed by atoms with E-state index in [1.807, 2.05) is 0 Å². The van der Waals surface area contributed by atoms with Crippen molar-refractivity contribution >= 4 is 58.7 Å². The van der Waals surface area contributed by atoms with Gasteiger partial charge in [0.15, 0.2) is 4.34 Å². The number of amides is 3. The summed E-state index contributed by atoms with van der Waals surface area (Å²) in [6.07, 6.45) is -0.840. The molecule has 0 radical (unpaired) electrons. The standard InChI is InChI=1S/C23H25N5O7S3/c1-23(2,3)35-21(34)26-14(11-4-6-13(29)7-5-11)17(30)25-15-18(31)28-16(20(32)33)12(8-36-19(15)28)9-37-22-27-24-10-38-22/h4-7,10,14-15,19,29H,8-9H2,1-3H3,(H,25,30)(H,26,34)(H,32,33)/t14?,15?,19-/m0/s1. The van der Waals surface area contributed by atoms with Crippen molar-refractivity contribution in [1.29, 1.82) is 0 Å². The Hall–Kier alpha value is -3.30. The van der Waals surface area contributed by atoms with Crippen LogP contribution >= 0.6 is 34.9 Å². The van der Waals surface area contributed by atoms with Crippen molar-refractivity contribution < 1.29 is 34.1 Å². The zero-order chi connectivity index (χ0) is 27.6. The highest BCUT2D eigenvalue weighted by Crippen LogP contribution is 2.42. The molecule has 0 spiro atoms. The summed E-state index contributed by atoms with van der Waals surface area (Å²) < 4.78 is 5.97. The summed E-state index contributed by atoms with van der Waals surface area (Å²) in [7, 11) is 0. The van der Waals surface area contributed by atoms with Crippen LogP contribution in [0.5, 0.6) is 5.75 Å². The molecule has 2 aromatic rings. The van der Waals surface area contributed by atoms with Gasteiger partial charge in [0, 0.05) is 11.5 Å². The first kappa shape index (κ1) is 27.7. The molecule has 38 heavy (non-hydrogen) atoms. The highest BCUT2D eigenvalue weighted by Gasteiger charge is 2.54. The van der Waals surface area contributed by atoms with E-state index in [9.17, 15) is 29.4 Å². The molecule has 202 valence electrons. The monoisotopic (exact) mass is 579 g/mol. The molecule has 0 bridgehead atoms. The van der Waals surface area contributed by atoms with Gasteiger partial charge in [0.1, 0.15) is 40.0 Å². The second-order valence-electron chi connectivity index (χ2n) is 9.32. The molecule has 0 saturated carbocycles. The van der Waals surface area contributed by atoms with Gasteiger partial charge in [0.05, 0.1) is 0 Å². The predicted molar refractivity (Wildman–Crippen MR) is 141 cm³/mol. The number of aromatic hydroxyl groups is 1. The molecular formula is C23H25N5O7S3. The second-order valence-corrected chi connectivity index (χ2v) is 12.5. The summed E-state index contributed by atoms with van der Waals surface area (Å²) in [4.78, 5) is 52.1. The topological polar surface area (TPSA) is 171 Å². The molecule has 1 fully saturated rings. The molecule has 3 amide bonds. The number of aromatic nitrogens is 2. The number of nitrogens with one attached hydrogen (secondary N) is 2. The third kappa shape index (κ3) is 6.22. The average molecular weight is 580 g/mol. The van der Waals surface area contributed by atoms with E-state index in [0.717, 1.165) is 0 Å². The number of carboxylic acids is 1. The molecule has 1 aromatic carbocycles. The Balaban J connectivity index is 1.49. The molecule has 4 N–H and O–H groups in total. The summed E-state index contributed by atoms with van der Waals surface area (Å²) in [6, 6.07) is 3.45. The van der Waals surface area contributed by atoms with Gasteiger partial charge in [0.2, 0.25) is 5.91 Å². The van der Waals surface area contributed by atoms with Crippen LogP contribution in [-0.4, -0.2) is 77.7 Å². The first-order valence-electron chi connectivity index (χ1n) is 11.3. The van der Waals surface area contributed by atoms with Crippen molar-refractivity contribution in [2.24, 2.45) is 0 Å². The lowest BCUT2D eigenvalue weighted by molar-refractivity contribution is -0.151. The number of alkyl carbamates (subject to hydrolysis) is 1. The molecule has 1 saturated heterocycles. The minimum atomic E-state index is -1.23. The van der Waals surface area contributed by atoms with Crippen LogP contribution in [0.25, 0.3) is 0 Å². The molecule has 1 aromatic heterocycles. The van der Waals surface area contributed by atoms with Gasteiger partial charge < -0.3 is 25.6 Å². The number of carbonyl (C=O) groups excluding carboxylic acids is 3. The lowest BCUT2D eigenvalue weighted by atomic mass is 10.0. The highest BCUT2D eigenvalue weighted by molar-refractivity contribution is 8.01. The van der Waals surface area contributed by atoms with Gasteiger partial charge in [-0.05, 0) is 44.0 Å². The first-order valence-corrected chi connectivity index (χ1v) is 14.2. The lowest BCUT2D eigenvalue weighted by Gasteiger charge is -2.49. The van der Waals surface area contributed by atoms with E-state index in [-0.39, 0.29) is 11.4 Å². The van der Waals surface area contributed by atoms with E-state index < -0.39 is 46.9 Å². The number of hydrogen-bond donors (Lipinski definition) is 4. The van der Waals surface area contributed by atoms with E-state index in [4.69, 9.17) is 4.74 Å². The fourth-order valence-corrected chi connectivity index (χ4v) is 6.77. The van der Waals surface area contributed by atoms with Crippen LogP contribution in [0.3, 0.4) is 0 Å². The van der Waals surface area contributed by atoms with Gasteiger partial charge in [-0.25, -0.2) is 9.59 Å². The maximum atomic E-state index is 13.3. The Morgan fingerprint density at radius 3 is 2.58 bits per heavy atom. The Morgan fingerprint density at radius 1 is 1.26 bits per heavy atom. The van der Waals surface area contributed by atoms with E-state index in [0.29, 0.717) is 27.0 Å². The van der Waals surface area contributed by atoms with Crippen LogP contribution in [0.15, 0.2) is 45.4 Å². The smallest absolute Gasteiger partial charge is 0.408 e. The third-order valence-electron chi connectivity index (χ3n) is 5.41. The average Bonchev–Trinajstić information content (AvgIpc) is 3.37. The number of aliphatic carboxylic acids is 1. The maximum absolute atomic E-state index is 13.3. The number of fused-ring (bicyclic) bond motifs is 1. The number of phenolic OH excluding ortho intramolecular Hbond substituents is 1. The molecular weight excluding hydrogens is 554 g/mol. The molecule has 3 heterocycles. The first-order chi connectivity index (χ1) is 17.9. The molecule has 2 aliphatic rings. The quantitative estimate of drug-likeness (QED) is 0.267. The molecule has 2 unspecified atom stereocenters. The Morgan fingerprint density at radius 2 is 1.97 bits per heavy atom. The number of carbonyl (C=O) groups is 4. The van der Waals surface area contributed by atoms with Crippen LogP contribution in [-0.2, 0) is 19.1 Å². The van der Waals surface area contributed by atoms with Gasteiger partial charge in [-0.2, -0.15) is 0 Å². The molecule has 3 atom stereocenters. The normalized spacial score (nSPS) is 19.8. The third-order valence-corrected chi connectivity index (χ3v) is 8.69. The largest absolute Gasteiger partial charge is 0.508 e. The minimum absolute atomic E-state index is 0.0262. The van der Waals surface area contributed by atoms with Crippen LogP contribution in [0.1, 0.15) is 32.4 Å². The summed E-state index contributed by atoms with van der Waals surface area (Å²) in [5, 5.41) is 31.7. The fraction of sp³-hybridized carbons (Fsp3) is 0.391. The van der Waals surface area contributed by atoms with Crippen molar-refractivity contribution in [3.8, 4) is 5.75 Å². The van der Waals surface area contributed by atoms with Gasteiger partial charge in [0.25, 0.3) is 5.91 Å². The number of carboxylic acid groups (broad SMARTS) is 1. The summed E-state index contributed by atoms with van der Waals surface area (Å²) >= 11 is 4.02. The van der Waals surface area contributed by atoms with Crippen LogP contribution in [0.4, 0.5) is 4.79 Å². The number of thioether (sulfide) groups is 2. The summed E-state index contributed by atoms with van der Waals surface area (Å²) in [5.74, 6) is -1.81. The van der Waals surface area contributed by atoms with E-state index in [1.165, 1.54) is 64.0 Å². The zero-order valence-electron chi connectivity index (χ0n) is 20.5. The van der Waals surface area contributed by atoms with Crippen LogP contribution in [0.2, 0.25) is 0 Å². The van der Waals surface area contributed by atoms with Crippen molar-refractivity contribution in [3.63, 3.8) is 0 Å².